The fraction of sp³-hybridized carbons (Fsp3) is 0.769. The van der Waals surface area contributed by atoms with Gasteiger partial charge < -0.3 is 16.4 Å². The Kier molecular flexibility index (Phi) is 6.44. The molecule has 1 unspecified atom stereocenters. The van der Waals surface area contributed by atoms with Crippen molar-refractivity contribution < 1.29 is 14.4 Å². The van der Waals surface area contributed by atoms with Gasteiger partial charge >= 0.3 is 6.03 Å². The molecule has 0 aromatic heterocycles. The Morgan fingerprint density at radius 1 is 1.45 bits per heavy atom. The van der Waals surface area contributed by atoms with Crippen molar-refractivity contribution in [1.29, 1.82) is 0 Å². The zero-order chi connectivity index (χ0) is 15.1. The first-order chi connectivity index (χ1) is 9.43. The van der Waals surface area contributed by atoms with Crippen LogP contribution >= 0.6 is 0 Å². The van der Waals surface area contributed by atoms with Crippen LogP contribution in [0.1, 0.15) is 33.1 Å². The largest absolute Gasteiger partial charge is 0.352 e. The van der Waals surface area contributed by atoms with Crippen molar-refractivity contribution in [2.24, 2.45) is 11.7 Å². The molecule has 1 heterocycles. The minimum absolute atomic E-state index is 0.0146. The van der Waals surface area contributed by atoms with Gasteiger partial charge in [0.15, 0.2) is 0 Å². The van der Waals surface area contributed by atoms with Crippen LogP contribution in [-0.2, 0) is 9.59 Å². The fourth-order valence-corrected chi connectivity index (χ4v) is 2.16. The van der Waals surface area contributed by atoms with Gasteiger partial charge in [-0.05, 0) is 18.8 Å². The van der Waals surface area contributed by atoms with Crippen LogP contribution in [0.5, 0.6) is 0 Å². The molecular formula is C13H24N4O3. The van der Waals surface area contributed by atoms with Gasteiger partial charge in [-0.1, -0.05) is 13.8 Å². The molecule has 0 spiro atoms. The second-order valence-electron chi connectivity index (χ2n) is 5.44. The van der Waals surface area contributed by atoms with Gasteiger partial charge in [0.2, 0.25) is 11.8 Å². The highest BCUT2D eigenvalue weighted by atomic mass is 16.2. The number of hydrogen-bond donors (Lipinski definition) is 3. The van der Waals surface area contributed by atoms with Gasteiger partial charge in [0, 0.05) is 25.6 Å². The van der Waals surface area contributed by atoms with Gasteiger partial charge in [-0.25, -0.2) is 4.79 Å². The smallest absolute Gasteiger partial charge is 0.324 e. The molecule has 20 heavy (non-hydrogen) atoms. The van der Waals surface area contributed by atoms with Crippen LogP contribution in [-0.4, -0.2) is 48.4 Å². The number of nitrogens with one attached hydrogen (secondary N) is 2. The minimum atomic E-state index is -0.380. The molecule has 4 N–H and O–H groups in total. The third kappa shape index (κ3) is 5.16. The lowest BCUT2D eigenvalue weighted by atomic mass is 10.0. The van der Waals surface area contributed by atoms with Crippen LogP contribution in [0.25, 0.3) is 0 Å². The van der Waals surface area contributed by atoms with Crippen molar-refractivity contribution in [1.82, 2.24) is 15.5 Å². The molecule has 1 aliphatic heterocycles. The van der Waals surface area contributed by atoms with Gasteiger partial charge in [0.05, 0.1) is 6.54 Å². The standard InChI is InChI=1S/C13H24N4O3/c1-9(2)6-10(7-14)16-11(18)4-3-5-17-12(19)8-15-13(17)20/h9-10H,3-8,14H2,1-2H3,(H,15,20)(H,16,18). The first-order valence-electron chi connectivity index (χ1n) is 7.01. The SMILES string of the molecule is CC(C)CC(CN)NC(=O)CCCN1C(=O)CNC1=O. The van der Waals surface area contributed by atoms with Crippen molar-refractivity contribution >= 4 is 17.8 Å². The predicted molar refractivity (Wildman–Crippen MR) is 74.8 cm³/mol. The first kappa shape index (κ1) is 16.4. The molecule has 4 amide bonds. The third-order valence-electron chi connectivity index (χ3n) is 3.13. The van der Waals surface area contributed by atoms with E-state index in [1.54, 1.807) is 0 Å². The Morgan fingerprint density at radius 3 is 2.65 bits per heavy atom. The van der Waals surface area contributed by atoms with E-state index in [0.29, 0.717) is 18.9 Å². The summed E-state index contributed by atoms with van der Waals surface area (Å²) < 4.78 is 0. The number of rotatable bonds is 8. The Balaban J connectivity index is 2.25. The Labute approximate surface area is 119 Å². The molecule has 0 saturated carbocycles. The summed E-state index contributed by atoms with van der Waals surface area (Å²) in [5, 5.41) is 5.32. The average Bonchev–Trinajstić information content (AvgIpc) is 2.69. The number of urea groups is 1. The summed E-state index contributed by atoms with van der Waals surface area (Å²) in [4.78, 5) is 35.5. The third-order valence-corrected chi connectivity index (χ3v) is 3.13. The number of imide groups is 1. The highest BCUT2D eigenvalue weighted by molar-refractivity contribution is 6.01. The molecule has 1 saturated heterocycles. The van der Waals surface area contributed by atoms with Crippen molar-refractivity contribution in [3.8, 4) is 0 Å². The Morgan fingerprint density at radius 2 is 2.15 bits per heavy atom. The Bertz CT molecular complexity index is 355. The molecule has 1 atom stereocenters. The summed E-state index contributed by atoms with van der Waals surface area (Å²) in [5.74, 6) is 0.137. The summed E-state index contributed by atoms with van der Waals surface area (Å²) in [5.41, 5.74) is 5.61. The van der Waals surface area contributed by atoms with Crippen LogP contribution in [0.15, 0.2) is 0 Å². The quantitative estimate of drug-likeness (QED) is 0.537. The summed E-state index contributed by atoms with van der Waals surface area (Å²) >= 11 is 0. The van der Waals surface area contributed by atoms with Crippen LogP contribution in [0.4, 0.5) is 4.79 Å². The molecule has 0 aliphatic carbocycles. The maximum atomic E-state index is 11.8. The monoisotopic (exact) mass is 284 g/mol. The number of amides is 4. The van der Waals surface area contributed by atoms with Crippen molar-refractivity contribution in [2.45, 2.75) is 39.2 Å². The zero-order valence-electron chi connectivity index (χ0n) is 12.1. The number of hydrogen-bond acceptors (Lipinski definition) is 4. The topological polar surface area (TPSA) is 105 Å². The number of nitrogens with two attached hydrogens (primary N) is 1. The van der Waals surface area contributed by atoms with Gasteiger partial charge in [0.25, 0.3) is 0 Å². The van der Waals surface area contributed by atoms with Crippen molar-refractivity contribution in [3.63, 3.8) is 0 Å². The molecule has 1 fully saturated rings. The second-order valence-corrected chi connectivity index (χ2v) is 5.44. The summed E-state index contributed by atoms with van der Waals surface area (Å²) in [6.45, 7) is 4.89. The summed E-state index contributed by atoms with van der Waals surface area (Å²) in [7, 11) is 0. The lowest BCUT2D eigenvalue weighted by molar-refractivity contribution is -0.126. The van der Waals surface area contributed by atoms with E-state index in [-0.39, 0.29) is 43.4 Å². The van der Waals surface area contributed by atoms with Gasteiger partial charge in [-0.2, -0.15) is 0 Å². The lowest BCUT2D eigenvalue weighted by Crippen LogP contribution is -2.41. The van der Waals surface area contributed by atoms with Crippen LogP contribution in [0, 0.1) is 5.92 Å². The molecule has 1 aliphatic rings. The van der Waals surface area contributed by atoms with Gasteiger partial charge in [-0.3, -0.25) is 14.5 Å². The van der Waals surface area contributed by atoms with E-state index in [9.17, 15) is 14.4 Å². The summed E-state index contributed by atoms with van der Waals surface area (Å²) in [6.07, 6.45) is 1.59. The fourth-order valence-electron chi connectivity index (χ4n) is 2.16. The molecule has 0 radical (unpaired) electrons. The molecular weight excluding hydrogens is 260 g/mol. The molecule has 7 nitrogen and oxygen atoms in total. The van der Waals surface area contributed by atoms with Crippen LogP contribution < -0.4 is 16.4 Å². The maximum Gasteiger partial charge on any atom is 0.324 e. The summed E-state index contributed by atoms with van der Waals surface area (Å²) in [6, 6.07) is -0.394. The van der Waals surface area contributed by atoms with E-state index in [0.717, 1.165) is 11.3 Å². The van der Waals surface area contributed by atoms with Crippen LogP contribution in [0.3, 0.4) is 0 Å². The molecule has 0 bridgehead atoms. The van der Waals surface area contributed by atoms with Gasteiger partial charge in [0.1, 0.15) is 0 Å². The van der Waals surface area contributed by atoms with Crippen LogP contribution in [0.2, 0.25) is 0 Å². The first-order valence-corrected chi connectivity index (χ1v) is 7.01. The highest BCUT2D eigenvalue weighted by Gasteiger charge is 2.27. The van der Waals surface area contributed by atoms with E-state index in [2.05, 4.69) is 24.5 Å². The van der Waals surface area contributed by atoms with E-state index in [4.69, 9.17) is 5.73 Å². The number of carbonyl (C=O) groups excluding carboxylic acids is 3. The number of nitrogens with zero attached hydrogens (tertiary/aromatic N) is 1. The molecule has 114 valence electrons. The minimum Gasteiger partial charge on any atom is -0.352 e. The Hall–Kier alpha value is -1.63. The van der Waals surface area contributed by atoms with Gasteiger partial charge in [-0.15, -0.1) is 0 Å². The maximum absolute atomic E-state index is 11.8. The van der Waals surface area contributed by atoms with Crippen molar-refractivity contribution in [3.05, 3.63) is 0 Å². The average molecular weight is 284 g/mol. The number of carbonyl (C=O) groups is 3. The zero-order valence-corrected chi connectivity index (χ0v) is 12.1. The van der Waals surface area contributed by atoms with E-state index in [1.807, 2.05) is 0 Å². The highest BCUT2D eigenvalue weighted by Crippen LogP contribution is 2.05. The predicted octanol–water partition coefficient (Wildman–Crippen LogP) is -0.192. The molecule has 1 rings (SSSR count). The van der Waals surface area contributed by atoms with E-state index in [1.165, 1.54) is 0 Å². The lowest BCUT2D eigenvalue weighted by Gasteiger charge is -2.19. The van der Waals surface area contributed by atoms with Crippen molar-refractivity contribution in [2.75, 3.05) is 19.6 Å². The molecule has 7 heteroatoms. The normalized spacial score (nSPS) is 16.5. The molecule has 0 aromatic rings. The second kappa shape index (κ2) is 7.84. The molecule has 0 aromatic carbocycles. The van der Waals surface area contributed by atoms with E-state index < -0.39 is 0 Å². The van der Waals surface area contributed by atoms with E-state index >= 15 is 0 Å².